The van der Waals surface area contributed by atoms with Gasteiger partial charge in [-0.2, -0.15) is 0 Å². The zero-order valence-electron chi connectivity index (χ0n) is 22.8. The molecule has 1 aliphatic heterocycles. The highest BCUT2D eigenvalue weighted by Gasteiger charge is 2.29. The molecule has 2 heterocycles. The smallest absolute Gasteiger partial charge is 0.262 e. The number of hydrogen-bond acceptors (Lipinski definition) is 6. The van der Waals surface area contributed by atoms with Crippen LogP contribution in [0.25, 0.3) is 11.1 Å². The predicted molar refractivity (Wildman–Crippen MR) is 154 cm³/mol. The van der Waals surface area contributed by atoms with Gasteiger partial charge in [-0.1, -0.05) is 25.1 Å². The van der Waals surface area contributed by atoms with Crippen molar-refractivity contribution in [3.63, 3.8) is 0 Å². The maximum atomic E-state index is 12.5. The van der Waals surface area contributed by atoms with Crippen molar-refractivity contribution in [2.75, 3.05) is 50.0 Å². The lowest BCUT2D eigenvalue weighted by atomic mass is 10.1. The largest absolute Gasteiger partial charge is 0.484 e. The van der Waals surface area contributed by atoms with E-state index in [-0.39, 0.29) is 24.3 Å². The molecule has 204 valence electrons. The number of benzene rings is 2. The summed E-state index contributed by atoms with van der Waals surface area (Å²) in [7, 11) is 0. The summed E-state index contributed by atoms with van der Waals surface area (Å²) in [6.07, 6.45) is 3.67. The molecule has 2 fully saturated rings. The molecule has 8 heteroatoms. The van der Waals surface area contributed by atoms with Gasteiger partial charge in [0.15, 0.2) is 6.61 Å². The quantitative estimate of drug-likeness (QED) is 0.402. The lowest BCUT2D eigenvalue weighted by Gasteiger charge is -2.34. The van der Waals surface area contributed by atoms with Crippen LogP contribution in [0.4, 0.5) is 11.5 Å². The normalized spacial score (nSPS) is 16.1. The fraction of sp³-hybridized carbons (Fsp3) is 0.387. The highest BCUT2D eigenvalue weighted by Crippen LogP contribution is 2.30. The third kappa shape index (κ3) is 7.43. The molecule has 3 aromatic rings. The molecule has 0 unspecified atom stereocenters. The molecule has 2 N–H and O–H groups in total. The minimum Gasteiger partial charge on any atom is -0.484 e. The van der Waals surface area contributed by atoms with Gasteiger partial charge in [-0.3, -0.25) is 14.5 Å². The van der Waals surface area contributed by atoms with E-state index < -0.39 is 0 Å². The van der Waals surface area contributed by atoms with E-state index in [2.05, 4.69) is 45.3 Å². The molecule has 8 nitrogen and oxygen atoms in total. The Kier molecular flexibility index (Phi) is 8.54. The summed E-state index contributed by atoms with van der Waals surface area (Å²) < 4.78 is 5.71. The highest BCUT2D eigenvalue weighted by molar-refractivity contribution is 5.93. The summed E-state index contributed by atoms with van der Waals surface area (Å²) >= 11 is 0. The number of carbonyl (C=O) groups excluding carboxylic acids is 2. The summed E-state index contributed by atoms with van der Waals surface area (Å²) in [6, 6.07) is 17.4. The summed E-state index contributed by atoms with van der Waals surface area (Å²) in [5, 5.41) is 5.79. The second kappa shape index (κ2) is 12.4. The van der Waals surface area contributed by atoms with E-state index in [1.54, 1.807) is 6.20 Å². The number of piperazine rings is 1. The van der Waals surface area contributed by atoms with Gasteiger partial charge in [-0.15, -0.1) is 0 Å². The summed E-state index contributed by atoms with van der Waals surface area (Å²) in [5.74, 6) is 1.18. The van der Waals surface area contributed by atoms with E-state index in [1.165, 1.54) is 11.1 Å². The van der Waals surface area contributed by atoms with Crippen LogP contribution in [-0.4, -0.2) is 65.9 Å². The van der Waals surface area contributed by atoms with Crippen molar-refractivity contribution < 1.29 is 14.3 Å². The number of aryl methyl sites for hydroxylation is 1. The monoisotopic (exact) mass is 527 g/mol. The van der Waals surface area contributed by atoms with Crippen LogP contribution in [0.15, 0.2) is 60.8 Å². The fourth-order valence-corrected chi connectivity index (χ4v) is 4.76. The molecule has 2 aromatic carbocycles. The number of anilines is 2. The van der Waals surface area contributed by atoms with Crippen LogP contribution in [0.3, 0.4) is 0 Å². The number of ether oxygens (including phenoxy) is 1. The molecule has 0 spiro atoms. The van der Waals surface area contributed by atoms with Crippen LogP contribution >= 0.6 is 0 Å². The zero-order chi connectivity index (χ0) is 27.2. The van der Waals surface area contributed by atoms with Gasteiger partial charge >= 0.3 is 0 Å². The number of nitrogens with zero attached hydrogens (tertiary/aromatic N) is 3. The molecule has 0 atom stereocenters. The maximum Gasteiger partial charge on any atom is 0.262 e. The summed E-state index contributed by atoms with van der Waals surface area (Å²) in [5.41, 5.74) is 5.16. The van der Waals surface area contributed by atoms with Gasteiger partial charge in [-0.25, -0.2) is 4.98 Å². The topological polar surface area (TPSA) is 86.8 Å². The van der Waals surface area contributed by atoms with Crippen LogP contribution in [0, 0.1) is 12.8 Å². The lowest BCUT2D eigenvalue weighted by molar-refractivity contribution is -0.118. The van der Waals surface area contributed by atoms with Gasteiger partial charge in [0.1, 0.15) is 11.6 Å². The van der Waals surface area contributed by atoms with Gasteiger partial charge in [-0.05, 0) is 79.4 Å². The van der Waals surface area contributed by atoms with E-state index >= 15 is 0 Å². The van der Waals surface area contributed by atoms with Crippen LogP contribution < -0.4 is 15.4 Å². The standard InChI is InChI=1S/C31H37N5O3/c1-3-35-14-16-36(17-15-35)20-26-6-10-27(18-22(26)2)33-30(37)21-39-28-11-7-23(8-12-28)25-9-13-29(32-19-25)34-31(38)24-4-5-24/h6-13,18-19,24H,3-5,14-17,20-21H2,1-2H3,(H,33,37)(H,32,34,38). The average molecular weight is 528 g/mol. The molecule has 0 bridgehead atoms. The van der Waals surface area contributed by atoms with Gasteiger partial charge < -0.3 is 20.3 Å². The Labute approximate surface area is 230 Å². The molecule has 1 saturated heterocycles. The summed E-state index contributed by atoms with van der Waals surface area (Å²) in [6.45, 7) is 10.7. The van der Waals surface area contributed by atoms with E-state index in [0.29, 0.717) is 11.6 Å². The van der Waals surface area contributed by atoms with Crippen LogP contribution in [0.1, 0.15) is 30.9 Å². The molecule has 39 heavy (non-hydrogen) atoms. The first-order chi connectivity index (χ1) is 19.0. The lowest BCUT2D eigenvalue weighted by Crippen LogP contribution is -2.45. The van der Waals surface area contributed by atoms with E-state index in [0.717, 1.165) is 68.9 Å². The van der Waals surface area contributed by atoms with Crippen molar-refractivity contribution in [2.24, 2.45) is 5.92 Å². The molecule has 1 aliphatic carbocycles. The molecule has 1 saturated carbocycles. The predicted octanol–water partition coefficient (Wildman–Crippen LogP) is 4.56. The third-order valence-electron chi connectivity index (χ3n) is 7.45. The Hall–Kier alpha value is -3.75. The van der Waals surface area contributed by atoms with Crippen molar-refractivity contribution >= 4 is 23.3 Å². The third-order valence-corrected chi connectivity index (χ3v) is 7.45. The average Bonchev–Trinajstić information content (AvgIpc) is 3.81. The van der Waals surface area contributed by atoms with Gasteiger partial charge in [0.05, 0.1) is 0 Å². The van der Waals surface area contributed by atoms with E-state index in [9.17, 15) is 9.59 Å². The Morgan fingerprint density at radius 3 is 2.28 bits per heavy atom. The zero-order valence-corrected chi connectivity index (χ0v) is 22.8. The van der Waals surface area contributed by atoms with Gasteiger partial charge in [0.25, 0.3) is 5.91 Å². The highest BCUT2D eigenvalue weighted by atomic mass is 16.5. The number of rotatable bonds is 10. The van der Waals surface area contributed by atoms with Crippen molar-refractivity contribution in [3.8, 4) is 16.9 Å². The van der Waals surface area contributed by atoms with Gasteiger partial charge in [0, 0.05) is 56.1 Å². The molecular formula is C31H37N5O3. The number of carbonyl (C=O) groups is 2. The number of aromatic nitrogens is 1. The van der Waals surface area contributed by atoms with Crippen LogP contribution in [0.2, 0.25) is 0 Å². The second-order valence-corrected chi connectivity index (χ2v) is 10.4. The van der Waals surface area contributed by atoms with Crippen LogP contribution in [0.5, 0.6) is 5.75 Å². The van der Waals surface area contributed by atoms with Crippen molar-refractivity contribution in [2.45, 2.75) is 33.2 Å². The molecule has 1 aromatic heterocycles. The summed E-state index contributed by atoms with van der Waals surface area (Å²) in [4.78, 5) is 33.7. The number of hydrogen-bond donors (Lipinski definition) is 2. The van der Waals surface area contributed by atoms with E-state index in [1.807, 2.05) is 48.5 Å². The van der Waals surface area contributed by atoms with E-state index in [4.69, 9.17) is 4.74 Å². The van der Waals surface area contributed by atoms with Crippen molar-refractivity contribution in [3.05, 3.63) is 71.9 Å². The SMILES string of the molecule is CCN1CCN(Cc2ccc(NC(=O)COc3ccc(-c4ccc(NC(=O)C5CC5)nc4)cc3)cc2C)CC1. The van der Waals surface area contributed by atoms with Gasteiger partial charge in [0.2, 0.25) is 5.91 Å². The minimum atomic E-state index is -0.199. The number of pyridine rings is 1. The Bertz CT molecular complexity index is 1280. The maximum absolute atomic E-state index is 12.5. The first-order valence-electron chi connectivity index (χ1n) is 13.8. The second-order valence-electron chi connectivity index (χ2n) is 10.4. The first-order valence-corrected chi connectivity index (χ1v) is 13.8. The molecule has 0 radical (unpaired) electrons. The number of nitrogens with one attached hydrogen (secondary N) is 2. The van der Waals surface area contributed by atoms with Crippen molar-refractivity contribution in [1.82, 2.24) is 14.8 Å². The number of amides is 2. The van der Waals surface area contributed by atoms with Crippen LogP contribution in [-0.2, 0) is 16.1 Å². The Morgan fingerprint density at radius 2 is 1.64 bits per heavy atom. The molecule has 2 aliphatic rings. The Morgan fingerprint density at radius 1 is 0.923 bits per heavy atom. The fourth-order valence-electron chi connectivity index (χ4n) is 4.76. The Balaban J connectivity index is 1.08. The molecular weight excluding hydrogens is 490 g/mol. The molecule has 2 amide bonds. The van der Waals surface area contributed by atoms with Crippen molar-refractivity contribution in [1.29, 1.82) is 0 Å². The molecule has 5 rings (SSSR count). The first kappa shape index (κ1) is 26.8. The number of likely N-dealkylation sites (N-methyl/N-ethyl adjacent to an activating group) is 1. The minimum absolute atomic E-state index is 0.0458.